The SMILES string of the molecule is CC(C)(CC(N)=O)NC(=O)CC1CNCCO1. The number of primary amides is 1. The summed E-state index contributed by atoms with van der Waals surface area (Å²) < 4.78 is 5.43. The molecule has 0 aliphatic carbocycles. The standard InChI is InChI=1S/C11H21N3O3/c1-11(2,6-9(12)15)14-10(16)5-8-7-13-3-4-17-8/h8,13H,3-7H2,1-2H3,(H2,12,15)(H,14,16). The Labute approximate surface area is 101 Å². The van der Waals surface area contributed by atoms with Crippen LogP contribution in [0, 0.1) is 0 Å². The first-order valence-corrected chi connectivity index (χ1v) is 5.81. The van der Waals surface area contributed by atoms with E-state index >= 15 is 0 Å². The predicted octanol–water partition coefficient (Wildman–Crippen LogP) is -0.865. The van der Waals surface area contributed by atoms with Crippen LogP contribution in [0.2, 0.25) is 0 Å². The molecular formula is C11H21N3O3. The number of carbonyl (C=O) groups excluding carboxylic acids is 2. The summed E-state index contributed by atoms with van der Waals surface area (Å²) in [6.45, 7) is 5.68. The molecule has 2 amide bonds. The van der Waals surface area contributed by atoms with Crippen LogP contribution in [-0.2, 0) is 14.3 Å². The molecule has 1 atom stereocenters. The molecule has 1 fully saturated rings. The van der Waals surface area contributed by atoms with E-state index < -0.39 is 11.4 Å². The molecule has 0 aromatic rings. The number of amides is 2. The van der Waals surface area contributed by atoms with Gasteiger partial charge in [0, 0.05) is 25.0 Å². The van der Waals surface area contributed by atoms with Crippen molar-refractivity contribution < 1.29 is 14.3 Å². The smallest absolute Gasteiger partial charge is 0.223 e. The van der Waals surface area contributed by atoms with Gasteiger partial charge in [0.25, 0.3) is 0 Å². The van der Waals surface area contributed by atoms with Gasteiger partial charge < -0.3 is 21.1 Å². The van der Waals surface area contributed by atoms with Crippen molar-refractivity contribution in [1.29, 1.82) is 0 Å². The molecule has 98 valence electrons. The van der Waals surface area contributed by atoms with E-state index in [0.29, 0.717) is 19.6 Å². The van der Waals surface area contributed by atoms with Gasteiger partial charge in [0.05, 0.1) is 19.1 Å². The van der Waals surface area contributed by atoms with E-state index in [1.54, 1.807) is 13.8 Å². The lowest BCUT2D eigenvalue weighted by atomic mass is 10.00. The average molecular weight is 243 g/mol. The molecule has 6 nitrogen and oxygen atoms in total. The van der Waals surface area contributed by atoms with Crippen LogP contribution >= 0.6 is 0 Å². The molecule has 0 radical (unpaired) electrons. The van der Waals surface area contributed by atoms with Gasteiger partial charge in [-0.3, -0.25) is 9.59 Å². The second-order valence-corrected chi connectivity index (χ2v) is 4.98. The first-order chi connectivity index (χ1) is 7.89. The first-order valence-electron chi connectivity index (χ1n) is 5.81. The van der Waals surface area contributed by atoms with Crippen LogP contribution in [0.25, 0.3) is 0 Å². The fraction of sp³-hybridized carbons (Fsp3) is 0.818. The van der Waals surface area contributed by atoms with Gasteiger partial charge in [-0.2, -0.15) is 0 Å². The maximum absolute atomic E-state index is 11.7. The zero-order chi connectivity index (χ0) is 12.9. The van der Waals surface area contributed by atoms with E-state index in [2.05, 4.69) is 10.6 Å². The van der Waals surface area contributed by atoms with E-state index in [1.165, 1.54) is 0 Å². The van der Waals surface area contributed by atoms with Gasteiger partial charge in [-0.25, -0.2) is 0 Å². The van der Waals surface area contributed by atoms with Crippen LogP contribution in [0.1, 0.15) is 26.7 Å². The lowest BCUT2D eigenvalue weighted by Crippen LogP contribution is -2.48. The summed E-state index contributed by atoms with van der Waals surface area (Å²) in [5, 5.41) is 5.94. The van der Waals surface area contributed by atoms with Gasteiger partial charge in [-0.05, 0) is 13.8 Å². The molecule has 0 spiro atoms. The summed E-state index contributed by atoms with van der Waals surface area (Å²) in [5.41, 5.74) is 4.51. The molecule has 4 N–H and O–H groups in total. The highest BCUT2D eigenvalue weighted by atomic mass is 16.5. The molecule has 1 heterocycles. The van der Waals surface area contributed by atoms with E-state index in [1.807, 2.05) is 0 Å². The van der Waals surface area contributed by atoms with Crippen molar-refractivity contribution in [3.05, 3.63) is 0 Å². The van der Waals surface area contributed by atoms with Crippen LogP contribution in [0.5, 0.6) is 0 Å². The molecule has 0 aromatic heterocycles. The molecule has 6 heteroatoms. The largest absolute Gasteiger partial charge is 0.375 e. The molecule has 1 saturated heterocycles. The average Bonchev–Trinajstić information content (AvgIpc) is 2.15. The third-order valence-corrected chi connectivity index (χ3v) is 2.51. The molecule has 0 bridgehead atoms. The Morgan fingerprint density at radius 3 is 2.76 bits per heavy atom. The highest BCUT2D eigenvalue weighted by Crippen LogP contribution is 2.09. The summed E-state index contributed by atoms with van der Waals surface area (Å²) >= 11 is 0. The molecule has 1 rings (SSSR count). The third kappa shape index (κ3) is 5.65. The van der Waals surface area contributed by atoms with Crippen molar-refractivity contribution in [3.8, 4) is 0 Å². The molecular weight excluding hydrogens is 222 g/mol. The topological polar surface area (TPSA) is 93.5 Å². The van der Waals surface area contributed by atoms with E-state index in [4.69, 9.17) is 10.5 Å². The lowest BCUT2D eigenvalue weighted by molar-refractivity contribution is -0.126. The minimum absolute atomic E-state index is 0.0897. The van der Waals surface area contributed by atoms with E-state index in [0.717, 1.165) is 6.54 Å². The number of nitrogens with two attached hydrogens (primary N) is 1. The van der Waals surface area contributed by atoms with Crippen LogP contribution in [0.3, 0.4) is 0 Å². The van der Waals surface area contributed by atoms with Gasteiger partial charge in [-0.1, -0.05) is 0 Å². The number of nitrogens with one attached hydrogen (secondary N) is 2. The summed E-state index contributed by atoms with van der Waals surface area (Å²) in [6.07, 6.45) is 0.339. The summed E-state index contributed by atoms with van der Waals surface area (Å²) in [7, 11) is 0. The zero-order valence-electron chi connectivity index (χ0n) is 10.4. The van der Waals surface area contributed by atoms with E-state index in [9.17, 15) is 9.59 Å². The van der Waals surface area contributed by atoms with Crippen molar-refractivity contribution in [3.63, 3.8) is 0 Å². The Balaban J connectivity index is 2.34. The number of morpholine rings is 1. The van der Waals surface area contributed by atoms with Crippen molar-refractivity contribution in [2.45, 2.75) is 38.3 Å². The lowest BCUT2D eigenvalue weighted by Gasteiger charge is -2.27. The molecule has 17 heavy (non-hydrogen) atoms. The number of rotatable bonds is 5. The fourth-order valence-corrected chi connectivity index (χ4v) is 1.87. The molecule has 1 unspecified atom stereocenters. The molecule has 1 aliphatic rings. The fourth-order valence-electron chi connectivity index (χ4n) is 1.87. The second-order valence-electron chi connectivity index (χ2n) is 4.98. The number of hydrogen-bond donors (Lipinski definition) is 3. The normalized spacial score (nSPS) is 20.9. The zero-order valence-corrected chi connectivity index (χ0v) is 10.4. The van der Waals surface area contributed by atoms with Gasteiger partial charge in [-0.15, -0.1) is 0 Å². The maximum Gasteiger partial charge on any atom is 0.223 e. The number of ether oxygens (including phenoxy) is 1. The van der Waals surface area contributed by atoms with Crippen LogP contribution in [-0.4, -0.2) is 43.2 Å². The van der Waals surface area contributed by atoms with Crippen LogP contribution in [0.15, 0.2) is 0 Å². The monoisotopic (exact) mass is 243 g/mol. The van der Waals surface area contributed by atoms with Crippen molar-refractivity contribution >= 4 is 11.8 Å². The van der Waals surface area contributed by atoms with E-state index in [-0.39, 0.29) is 18.4 Å². The maximum atomic E-state index is 11.7. The highest BCUT2D eigenvalue weighted by Gasteiger charge is 2.25. The minimum atomic E-state index is -0.606. The Kier molecular flexibility index (Phi) is 4.89. The van der Waals surface area contributed by atoms with Crippen LogP contribution < -0.4 is 16.4 Å². The highest BCUT2D eigenvalue weighted by molar-refractivity contribution is 5.80. The Bertz CT molecular complexity index is 286. The van der Waals surface area contributed by atoms with Crippen molar-refractivity contribution in [2.75, 3.05) is 19.7 Å². The Morgan fingerprint density at radius 2 is 2.24 bits per heavy atom. The molecule has 1 aliphatic heterocycles. The van der Waals surface area contributed by atoms with Crippen molar-refractivity contribution in [1.82, 2.24) is 10.6 Å². The summed E-state index contributed by atoms with van der Waals surface area (Å²) in [4.78, 5) is 22.6. The number of carbonyl (C=O) groups is 2. The Morgan fingerprint density at radius 1 is 1.53 bits per heavy atom. The predicted molar refractivity (Wildman–Crippen MR) is 63.3 cm³/mol. The van der Waals surface area contributed by atoms with Gasteiger partial charge >= 0.3 is 0 Å². The number of hydrogen-bond acceptors (Lipinski definition) is 4. The van der Waals surface area contributed by atoms with Gasteiger partial charge in [0.2, 0.25) is 11.8 Å². The van der Waals surface area contributed by atoms with Gasteiger partial charge in [0.15, 0.2) is 0 Å². The molecule has 0 saturated carbocycles. The van der Waals surface area contributed by atoms with Gasteiger partial charge in [0.1, 0.15) is 0 Å². The van der Waals surface area contributed by atoms with Crippen LogP contribution in [0.4, 0.5) is 0 Å². The molecule has 0 aromatic carbocycles. The summed E-state index contributed by atoms with van der Waals surface area (Å²) in [5.74, 6) is -0.546. The summed E-state index contributed by atoms with van der Waals surface area (Å²) in [6, 6.07) is 0. The third-order valence-electron chi connectivity index (χ3n) is 2.51. The second kappa shape index (κ2) is 5.97. The minimum Gasteiger partial charge on any atom is -0.375 e. The Hall–Kier alpha value is -1.14. The first kappa shape index (κ1) is 13.9. The van der Waals surface area contributed by atoms with Crippen molar-refractivity contribution in [2.24, 2.45) is 5.73 Å². The quantitative estimate of drug-likeness (QED) is 0.585.